The molecule has 44 heavy (non-hydrogen) atoms. The van der Waals surface area contributed by atoms with Crippen LogP contribution in [-0.4, -0.2) is 45.5 Å². The number of pyridine rings is 1. The summed E-state index contributed by atoms with van der Waals surface area (Å²) in [6, 6.07) is 8.38. The molecule has 1 aromatic carbocycles. The van der Waals surface area contributed by atoms with Crippen molar-refractivity contribution in [2.45, 2.75) is 109 Å². The van der Waals surface area contributed by atoms with Gasteiger partial charge in [0.2, 0.25) is 5.91 Å². The largest absolute Gasteiger partial charge is 0.496 e. The highest BCUT2D eigenvalue weighted by molar-refractivity contribution is 5.95. The summed E-state index contributed by atoms with van der Waals surface area (Å²) in [4.78, 5) is 20.7. The van der Waals surface area contributed by atoms with Gasteiger partial charge < -0.3 is 9.84 Å². The maximum atomic E-state index is 15.3. The first-order chi connectivity index (χ1) is 20.9. The molecule has 0 aliphatic heterocycles. The van der Waals surface area contributed by atoms with Crippen molar-refractivity contribution < 1.29 is 19.0 Å². The van der Waals surface area contributed by atoms with E-state index in [-0.39, 0.29) is 34.3 Å². The van der Waals surface area contributed by atoms with Crippen molar-refractivity contribution in [3.8, 4) is 16.9 Å². The van der Waals surface area contributed by atoms with Gasteiger partial charge in [0.1, 0.15) is 17.4 Å². The number of carbonyl (C=O) groups excluding carboxylic acids is 1. The molecule has 0 spiro atoms. The molecule has 8 heteroatoms. The Bertz CT molecular complexity index is 1490. The molecule has 4 aliphatic rings. The highest BCUT2D eigenvalue weighted by Crippen LogP contribution is 2.58. The molecular formula is C36H47FN4O3. The summed E-state index contributed by atoms with van der Waals surface area (Å²) in [6.07, 6.45) is 13.4. The quantitative estimate of drug-likeness (QED) is 0.306. The fourth-order valence-corrected chi connectivity index (χ4v) is 7.92. The van der Waals surface area contributed by atoms with Crippen LogP contribution in [0, 0.1) is 24.1 Å². The van der Waals surface area contributed by atoms with Gasteiger partial charge in [-0.3, -0.25) is 14.4 Å². The number of aliphatic hydroxyl groups is 1. The number of hydrogen-bond donors (Lipinski definition) is 1. The molecule has 1 N–H and O–H groups in total. The number of hydrogen-bond acceptors (Lipinski definition) is 5. The molecule has 2 bridgehead atoms. The van der Waals surface area contributed by atoms with Gasteiger partial charge in [0.25, 0.3) is 0 Å². The van der Waals surface area contributed by atoms with E-state index in [0.717, 1.165) is 44.3 Å². The average molecular weight is 603 g/mol. The van der Waals surface area contributed by atoms with E-state index in [9.17, 15) is 9.90 Å². The Morgan fingerprint density at radius 1 is 1.07 bits per heavy atom. The maximum Gasteiger partial charge on any atom is 0.231 e. The molecule has 2 heterocycles. The number of benzene rings is 1. The standard InChI is InChI=1S/C36H47FN4O3/c1-24-18-27(8-11-31(24)44-5)36-15-12-35(13-16-36,14-17-36)23-40(33(43)25-6-9-28(42)10-7-25)32-19-29(30(37)21-38-32)26-20-39-41(22-26)34(2,3)4/h8,11,18-22,25,28,42H,6-7,9-10,12-17,23H2,1-5H3. The molecule has 0 atom stereocenters. The van der Waals surface area contributed by atoms with Crippen LogP contribution in [0.15, 0.2) is 42.9 Å². The SMILES string of the molecule is COc1ccc(C23CCC(CN(C(=O)C4CCC(O)CC4)c4cc(-c5cnn(C(C)(C)C)c5)c(F)cn4)(CC2)CC3)cc1C. The third-order valence-electron chi connectivity index (χ3n) is 10.9. The summed E-state index contributed by atoms with van der Waals surface area (Å²) in [5, 5.41) is 14.6. The van der Waals surface area contributed by atoms with Gasteiger partial charge in [-0.25, -0.2) is 9.37 Å². The van der Waals surface area contributed by atoms with Gasteiger partial charge in [-0.05, 0) is 126 Å². The molecule has 3 aromatic rings. The summed E-state index contributed by atoms with van der Waals surface area (Å²) in [7, 11) is 1.72. The topological polar surface area (TPSA) is 80.5 Å². The Labute approximate surface area is 260 Å². The lowest BCUT2D eigenvalue weighted by molar-refractivity contribution is -0.124. The van der Waals surface area contributed by atoms with E-state index < -0.39 is 5.82 Å². The number of ether oxygens (including phenoxy) is 1. The summed E-state index contributed by atoms with van der Waals surface area (Å²) in [5.74, 6) is 0.886. The number of carbonyl (C=O) groups is 1. The highest BCUT2D eigenvalue weighted by atomic mass is 19.1. The van der Waals surface area contributed by atoms with Gasteiger partial charge in [0.15, 0.2) is 0 Å². The minimum Gasteiger partial charge on any atom is -0.496 e. The van der Waals surface area contributed by atoms with E-state index in [4.69, 9.17) is 4.74 Å². The average Bonchev–Trinajstić information content (AvgIpc) is 3.52. The lowest BCUT2D eigenvalue weighted by Gasteiger charge is -2.55. The Kier molecular flexibility index (Phi) is 8.10. The van der Waals surface area contributed by atoms with Gasteiger partial charge >= 0.3 is 0 Å². The molecule has 4 saturated carbocycles. The van der Waals surface area contributed by atoms with Crippen LogP contribution < -0.4 is 9.64 Å². The van der Waals surface area contributed by atoms with Gasteiger partial charge in [0.05, 0.1) is 31.1 Å². The molecule has 2 aromatic heterocycles. The number of nitrogens with zero attached hydrogens (tertiary/aromatic N) is 4. The second-order valence-corrected chi connectivity index (χ2v) is 14.8. The van der Waals surface area contributed by atoms with Gasteiger partial charge in [-0.2, -0.15) is 5.10 Å². The minimum absolute atomic E-state index is 0.000450. The molecule has 236 valence electrons. The van der Waals surface area contributed by atoms with Crippen molar-refractivity contribution in [2.75, 3.05) is 18.6 Å². The van der Waals surface area contributed by atoms with Crippen molar-refractivity contribution in [1.82, 2.24) is 14.8 Å². The minimum atomic E-state index is -0.427. The van der Waals surface area contributed by atoms with Crippen LogP contribution in [0.25, 0.3) is 11.1 Å². The Morgan fingerprint density at radius 2 is 1.75 bits per heavy atom. The zero-order valence-electron chi connectivity index (χ0n) is 26.9. The Morgan fingerprint density at radius 3 is 2.34 bits per heavy atom. The molecule has 0 unspecified atom stereocenters. The predicted molar refractivity (Wildman–Crippen MR) is 170 cm³/mol. The maximum absolute atomic E-state index is 15.3. The first-order valence-electron chi connectivity index (χ1n) is 16.3. The van der Waals surface area contributed by atoms with Gasteiger partial charge in [-0.15, -0.1) is 0 Å². The van der Waals surface area contributed by atoms with E-state index >= 15 is 4.39 Å². The first kappa shape index (κ1) is 30.8. The normalized spacial score (nSPS) is 26.9. The molecule has 1 amide bonds. The predicted octanol–water partition coefficient (Wildman–Crippen LogP) is 7.33. The second kappa shape index (κ2) is 11.6. The molecule has 7 rings (SSSR count). The molecule has 0 saturated heterocycles. The van der Waals surface area contributed by atoms with E-state index in [1.165, 1.54) is 17.3 Å². The number of aryl methyl sites for hydroxylation is 1. The number of rotatable bonds is 7. The first-order valence-corrected chi connectivity index (χ1v) is 16.3. The third-order valence-corrected chi connectivity index (χ3v) is 10.9. The van der Waals surface area contributed by atoms with Crippen LogP contribution in [0.3, 0.4) is 0 Å². The summed E-state index contributed by atoms with van der Waals surface area (Å²) >= 11 is 0. The van der Waals surface area contributed by atoms with Crippen LogP contribution in [0.5, 0.6) is 5.75 Å². The Balaban J connectivity index is 1.29. The van der Waals surface area contributed by atoms with E-state index in [1.54, 1.807) is 19.4 Å². The van der Waals surface area contributed by atoms with Crippen molar-refractivity contribution in [3.05, 3.63) is 59.8 Å². The highest BCUT2D eigenvalue weighted by Gasteiger charge is 2.51. The van der Waals surface area contributed by atoms with Crippen molar-refractivity contribution in [2.24, 2.45) is 11.3 Å². The van der Waals surface area contributed by atoms with Crippen molar-refractivity contribution >= 4 is 11.7 Å². The van der Waals surface area contributed by atoms with Crippen LogP contribution >= 0.6 is 0 Å². The number of halogens is 1. The number of anilines is 1. The van der Waals surface area contributed by atoms with Gasteiger partial charge in [-0.1, -0.05) is 12.1 Å². The molecule has 0 radical (unpaired) electrons. The van der Waals surface area contributed by atoms with E-state index in [2.05, 4.69) is 56.0 Å². The summed E-state index contributed by atoms with van der Waals surface area (Å²) in [6.45, 7) is 8.86. The number of aromatic nitrogens is 3. The smallest absolute Gasteiger partial charge is 0.231 e. The number of amides is 1. The fraction of sp³-hybridized carbons (Fsp3) is 0.583. The van der Waals surface area contributed by atoms with Crippen LogP contribution in [0.4, 0.5) is 10.2 Å². The lowest BCUT2D eigenvalue weighted by atomic mass is 9.51. The fourth-order valence-electron chi connectivity index (χ4n) is 7.92. The molecule has 4 aliphatic carbocycles. The Hall–Kier alpha value is -3.26. The number of aliphatic hydroxyl groups excluding tert-OH is 1. The van der Waals surface area contributed by atoms with E-state index in [1.807, 2.05) is 15.8 Å². The second-order valence-electron chi connectivity index (χ2n) is 14.8. The number of fused-ring (bicyclic) bond motifs is 3. The van der Waals surface area contributed by atoms with Gasteiger partial charge in [0, 0.05) is 29.8 Å². The van der Waals surface area contributed by atoms with E-state index in [0.29, 0.717) is 49.2 Å². The summed E-state index contributed by atoms with van der Waals surface area (Å²) < 4.78 is 22.6. The molecule has 7 nitrogen and oxygen atoms in total. The lowest BCUT2D eigenvalue weighted by Crippen LogP contribution is -2.52. The zero-order valence-corrected chi connectivity index (χ0v) is 26.9. The number of methoxy groups -OCH3 is 1. The van der Waals surface area contributed by atoms with Crippen LogP contribution in [0.2, 0.25) is 0 Å². The van der Waals surface area contributed by atoms with Crippen molar-refractivity contribution in [1.29, 1.82) is 0 Å². The van der Waals surface area contributed by atoms with Crippen molar-refractivity contribution in [3.63, 3.8) is 0 Å². The molecule has 4 fully saturated rings. The zero-order chi connectivity index (χ0) is 31.3. The van der Waals surface area contributed by atoms with Crippen LogP contribution in [0.1, 0.15) is 96.1 Å². The monoisotopic (exact) mass is 602 g/mol. The summed E-state index contributed by atoms with van der Waals surface area (Å²) in [5.41, 5.74) is 3.57. The third kappa shape index (κ3) is 5.78. The molecular weight excluding hydrogens is 555 g/mol. The van der Waals surface area contributed by atoms with Crippen LogP contribution in [-0.2, 0) is 15.7 Å².